The number of rotatable bonds is 5. The summed E-state index contributed by atoms with van der Waals surface area (Å²) in [5.74, 6) is 0.806. The molecule has 0 atom stereocenters. The van der Waals surface area contributed by atoms with Crippen molar-refractivity contribution in [2.75, 3.05) is 7.05 Å². The van der Waals surface area contributed by atoms with Gasteiger partial charge in [-0.1, -0.05) is 29.8 Å². The second kappa shape index (κ2) is 8.40. The van der Waals surface area contributed by atoms with E-state index >= 15 is 0 Å². The molecule has 0 amide bonds. The van der Waals surface area contributed by atoms with Gasteiger partial charge in [0, 0.05) is 29.0 Å². The molecular formula is C16H20BrFN4S. The third-order valence-electron chi connectivity index (χ3n) is 3.25. The van der Waals surface area contributed by atoms with Gasteiger partial charge in [-0.15, -0.1) is 11.3 Å². The molecule has 4 nitrogen and oxygen atoms in total. The molecule has 2 aromatic rings. The lowest BCUT2D eigenvalue weighted by Gasteiger charge is -2.11. The Kier molecular flexibility index (Phi) is 6.53. The van der Waals surface area contributed by atoms with E-state index in [0.29, 0.717) is 30.5 Å². The number of thiazole rings is 1. The minimum absolute atomic E-state index is 0.238. The lowest BCUT2D eigenvalue weighted by atomic mass is 10.2. The first kappa shape index (κ1) is 17.9. The summed E-state index contributed by atoms with van der Waals surface area (Å²) in [6, 6.07) is 4.88. The Morgan fingerprint density at radius 2 is 2.09 bits per heavy atom. The highest BCUT2D eigenvalue weighted by Crippen LogP contribution is 2.17. The van der Waals surface area contributed by atoms with E-state index in [4.69, 9.17) is 0 Å². The fourth-order valence-corrected chi connectivity index (χ4v) is 3.21. The van der Waals surface area contributed by atoms with Gasteiger partial charge in [0.25, 0.3) is 0 Å². The first-order valence-corrected chi connectivity index (χ1v) is 8.99. The van der Waals surface area contributed by atoms with Crippen LogP contribution >= 0.6 is 27.3 Å². The predicted octanol–water partition coefficient (Wildman–Crippen LogP) is 4.03. The van der Waals surface area contributed by atoms with E-state index < -0.39 is 0 Å². The van der Waals surface area contributed by atoms with Crippen LogP contribution in [0, 0.1) is 5.82 Å². The van der Waals surface area contributed by atoms with Gasteiger partial charge in [0.05, 0.1) is 12.2 Å². The SMILES string of the molecule is CN=C(NCc1nc(C(C)C)cs1)NCc1cc(Br)ccc1F. The Balaban J connectivity index is 1.89. The summed E-state index contributed by atoms with van der Waals surface area (Å²) in [7, 11) is 1.69. The van der Waals surface area contributed by atoms with Crippen LogP contribution in [-0.2, 0) is 13.1 Å². The Morgan fingerprint density at radius 3 is 2.74 bits per heavy atom. The van der Waals surface area contributed by atoms with Crippen LogP contribution in [-0.4, -0.2) is 18.0 Å². The van der Waals surface area contributed by atoms with Gasteiger partial charge >= 0.3 is 0 Å². The Bertz CT molecular complexity index is 684. The summed E-state index contributed by atoms with van der Waals surface area (Å²) in [5, 5.41) is 9.39. The van der Waals surface area contributed by atoms with Gasteiger partial charge in [0.1, 0.15) is 10.8 Å². The molecule has 1 aromatic heterocycles. The zero-order chi connectivity index (χ0) is 16.8. The molecule has 0 unspecified atom stereocenters. The van der Waals surface area contributed by atoms with Crippen LogP contribution in [0.4, 0.5) is 4.39 Å². The maximum atomic E-state index is 13.7. The minimum Gasteiger partial charge on any atom is -0.352 e. The predicted molar refractivity (Wildman–Crippen MR) is 97.3 cm³/mol. The average molecular weight is 399 g/mol. The molecule has 2 N–H and O–H groups in total. The van der Waals surface area contributed by atoms with Crippen LogP contribution in [0.15, 0.2) is 33.0 Å². The third-order valence-corrected chi connectivity index (χ3v) is 4.61. The topological polar surface area (TPSA) is 49.3 Å². The number of nitrogens with one attached hydrogen (secondary N) is 2. The molecule has 7 heteroatoms. The second-order valence-electron chi connectivity index (χ2n) is 5.34. The largest absolute Gasteiger partial charge is 0.352 e. The summed E-state index contributed by atoms with van der Waals surface area (Å²) >= 11 is 4.98. The Morgan fingerprint density at radius 1 is 1.35 bits per heavy atom. The summed E-state index contributed by atoms with van der Waals surface area (Å²) < 4.78 is 14.6. The molecule has 0 aliphatic rings. The number of benzene rings is 1. The van der Waals surface area contributed by atoms with E-state index in [9.17, 15) is 4.39 Å². The van der Waals surface area contributed by atoms with Crippen LogP contribution in [0.5, 0.6) is 0 Å². The van der Waals surface area contributed by atoms with Crippen molar-refractivity contribution < 1.29 is 4.39 Å². The van der Waals surface area contributed by atoms with E-state index in [1.807, 2.05) is 0 Å². The molecule has 2 rings (SSSR count). The number of hydrogen-bond donors (Lipinski definition) is 2. The van der Waals surface area contributed by atoms with E-state index in [0.717, 1.165) is 15.2 Å². The molecule has 0 bridgehead atoms. The van der Waals surface area contributed by atoms with Crippen LogP contribution in [0.3, 0.4) is 0 Å². The van der Waals surface area contributed by atoms with E-state index in [1.165, 1.54) is 6.07 Å². The first-order chi connectivity index (χ1) is 11.0. The average Bonchev–Trinajstić information content (AvgIpc) is 3.00. The quantitative estimate of drug-likeness (QED) is 0.590. The van der Waals surface area contributed by atoms with Crippen molar-refractivity contribution in [3.8, 4) is 0 Å². The molecule has 0 saturated carbocycles. The number of guanidine groups is 1. The van der Waals surface area contributed by atoms with Gasteiger partial charge in [-0.2, -0.15) is 0 Å². The van der Waals surface area contributed by atoms with Gasteiger partial charge in [-0.3, -0.25) is 4.99 Å². The van der Waals surface area contributed by atoms with Crippen molar-refractivity contribution in [1.82, 2.24) is 15.6 Å². The van der Waals surface area contributed by atoms with E-state index in [1.54, 1.807) is 30.5 Å². The molecule has 0 saturated heterocycles. The molecule has 1 aromatic carbocycles. The maximum absolute atomic E-state index is 13.7. The molecule has 0 spiro atoms. The normalized spacial score (nSPS) is 11.8. The highest BCUT2D eigenvalue weighted by Gasteiger charge is 2.07. The number of halogens is 2. The molecule has 0 aliphatic carbocycles. The van der Waals surface area contributed by atoms with Gasteiger partial charge in [0.15, 0.2) is 5.96 Å². The lowest BCUT2D eigenvalue weighted by molar-refractivity contribution is 0.604. The van der Waals surface area contributed by atoms with Crippen molar-refractivity contribution in [2.45, 2.75) is 32.9 Å². The smallest absolute Gasteiger partial charge is 0.191 e. The van der Waals surface area contributed by atoms with Gasteiger partial charge in [0.2, 0.25) is 0 Å². The molecule has 23 heavy (non-hydrogen) atoms. The molecule has 0 aliphatic heterocycles. The fraction of sp³-hybridized carbons (Fsp3) is 0.375. The number of nitrogens with zero attached hydrogens (tertiary/aromatic N) is 2. The molecule has 0 radical (unpaired) electrons. The number of hydrogen-bond acceptors (Lipinski definition) is 3. The maximum Gasteiger partial charge on any atom is 0.191 e. The van der Waals surface area contributed by atoms with Crippen LogP contribution in [0.1, 0.15) is 36.0 Å². The Hall–Kier alpha value is -1.47. The second-order valence-corrected chi connectivity index (χ2v) is 7.19. The monoisotopic (exact) mass is 398 g/mol. The van der Waals surface area contributed by atoms with Crippen molar-refractivity contribution >= 4 is 33.2 Å². The summed E-state index contributed by atoms with van der Waals surface area (Å²) in [6.45, 7) is 5.21. The molecule has 0 fully saturated rings. The van der Waals surface area contributed by atoms with Crippen molar-refractivity contribution in [3.05, 3.63) is 50.1 Å². The van der Waals surface area contributed by atoms with Gasteiger partial charge < -0.3 is 10.6 Å². The van der Waals surface area contributed by atoms with Crippen LogP contribution in [0.2, 0.25) is 0 Å². The van der Waals surface area contributed by atoms with Gasteiger partial charge in [-0.05, 0) is 24.1 Å². The van der Waals surface area contributed by atoms with Crippen LogP contribution in [0.25, 0.3) is 0 Å². The third kappa shape index (κ3) is 5.28. The highest BCUT2D eigenvalue weighted by molar-refractivity contribution is 9.10. The zero-order valence-corrected chi connectivity index (χ0v) is 15.8. The fourth-order valence-electron chi connectivity index (χ4n) is 1.91. The van der Waals surface area contributed by atoms with E-state index in [-0.39, 0.29) is 5.82 Å². The molecule has 124 valence electrons. The Labute approximate surface area is 148 Å². The molecule has 1 heterocycles. The minimum atomic E-state index is -0.238. The molecular weight excluding hydrogens is 379 g/mol. The van der Waals surface area contributed by atoms with Crippen molar-refractivity contribution in [2.24, 2.45) is 4.99 Å². The van der Waals surface area contributed by atoms with Crippen molar-refractivity contribution in [3.63, 3.8) is 0 Å². The number of aliphatic imine (C=N–C) groups is 1. The van der Waals surface area contributed by atoms with E-state index in [2.05, 4.69) is 55.8 Å². The highest BCUT2D eigenvalue weighted by atomic mass is 79.9. The standard InChI is InChI=1S/C16H20BrFN4S/c1-10(2)14-9-23-15(22-14)8-21-16(19-3)20-7-11-6-12(17)4-5-13(11)18/h4-6,9-10H,7-8H2,1-3H3,(H2,19,20,21). The lowest BCUT2D eigenvalue weighted by Crippen LogP contribution is -2.36. The van der Waals surface area contributed by atoms with Gasteiger partial charge in [-0.25, -0.2) is 9.37 Å². The first-order valence-electron chi connectivity index (χ1n) is 7.32. The summed E-state index contributed by atoms with van der Waals surface area (Å²) in [6.07, 6.45) is 0. The summed E-state index contributed by atoms with van der Waals surface area (Å²) in [5.41, 5.74) is 1.68. The van der Waals surface area contributed by atoms with Crippen molar-refractivity contribution in [1.29, 1.82) is 0 Å². The zero-order valence-electron chi connectivity index (χ0n) is 13.4. The number of aromatic nitrogens is 1. The summed E-state index contributed by atoms with van der Waals surface area (Å²) in [4.78, 5) is 8.72. The van der Waals surface area contributed by atoms with Crippen LogP contribution < -0.4 is 10.6 Å².